The van der Waals surface area contributed by atoms with Gasteiger partial charge in [-0.25, -0.2) is 0 Å². The molecule has 0 aliphatic carbocycles. The van der Waals surface area contributed by atoms with E-state index < -0.39 is 0 Å². The fourth-order valence-electron chi connectivity index (χ4n) is 1.77. The lowest BCUT2D eigenvalue weighted by atomic mass is 10.3. The first-order valence-corrected chi connectivity index (χ1v) is 5.37. The summed E-state index contributed by atoms with van der Waals surface area (Å²) in [5, 5.41) is 3.27. The van der Waals surface area contributed by atoms with Crippen LogP contribution in [0.2, 0.25) is 0 Å². The van der Waals surface area contributed by atoms with Gasteiger partial charge in [-0.1, -0.05) is 0 Å². The van der Waals surface area contributed by atoms with Gasteiger partial charge in [0.15, 0.2) is 0 Å². The molecule has 1 N–H and O–H groups in total. The predicted molar refractivity (Wildman–Crippen MR) is 56.5 cm³/mol. The SMILES string of the molecule is O=C(Cc1ccco1)N1CCCNCC1. The minimum atomic E-state index is 0.161. The van der Waals surface area contributed by atoms with Crippen molar-refractivity contribution in [2.75, 3.05) is 26.2 Å². The van der Waals surface area contributed by atoms with Crippen LogP contribution in [0.1, 0.15) is 12.2 Å². The summed E-state index contributed by atoms with van der Waals surface area (Å²) in [4.78, 5) is 13.8. The van der Waals surface area contributed by atoms with Crippen molar-refractivity contribution in [1.82, 2.24) is 10.2 Å². The van der Waals surface area contributed by atoms with Gasteiger partial charge in [0, 0.05) is 19.6 Å². The summed E-state index contributed by atoms with van der Waals surface area (Å²) in [5.74, 6) is 0.908. The first kappa shape index (κ1) is 10.2. The Balaban J connectivity index is 1.89. The van der Waals surface area contributed by atoms with Gasteiger partial charge in [-0.05, 0) is 25.1 Å². The van der Waals surface area contributed by atoms with Crippen LogP contribution in [0.4, 0.5) is 0 Å². The van der Waals surface area contributed by atoms with Crippen LogP contribution in [0.25, 0.3) is 0 Å². The number of amides is 1. The van der Waals surface area contributed by atoms with E-state index in [1.807, 2.05) is 17.0 Å². The number of nitrogens with one attached hydrogen (secondary N) is 1. The van der Waals surface area contributed by atoms with E-state index in [1.54, 1.807) is 6.26 Å². The van der Waals surface area contributed by atoms with E-state index in [9.17, 15) is 4.79 Å². The molecule has 4 heteroatoms. The molecule has 1 saturated heterocycles. The summed E-state index contributed by atoms with van der Waals surface area (Å²) < 4.78 is 5.16. The molecule has 1 aliphatic heterocycles. The summed E-state index contributed by atoms with van der Waals surface area (Å²) in [6, 6.07) is 3.65. The van der Waals surface area contributed by atoms with E-state index in [4.69, 9.17) is 4.42 Å². The molecular formula is C11H16N2O2. The van der Waals surface area contributed by atoms with E-state index in [0.29, 0.717) is 6.42 Å². The van der Waals surface area contributed by atoms with Gasteiger partial charge < -0.3 is 14.6 Å². The number of carbonyl (C=O) groups excluding carboxylic acids is 1. The first-order valence-electron chi connectivity index (χ1n) is 5.37. The van der Waals surface area contributed by atoms with Crippen LogP contribution in [0.15, 0.2) is 22.8 Å². The maximum atomic E-state index is 11.9. The zero-order valence-electron chi connectivity index (χ0n) is 8.74. The van der Waals surface area contributed by atoms with Crippen molar-refractivity contribution in [3.05, 3.63) is 24.2 Å². The first-order chi connectivity index (χ1) is 7.36. The highest BCUT2D eigenvalue weighted by Gasteiger charge is 2.16. The van der Waals surface area contributed by atoms with Crippen molar-refractivity contribution < 1.29 is 9.21 Å². The van der Waals surface area contributed by atoms with Crippen molar-refractivity contribution in [3.8, 4) is 0 Å². The van der Waals surface area contributed by atoms with Crippen LogP contribution in [0, 0.1) is 0 Å². The van der Waals surface area contributed by atoms with E-state index in [-0.39, 0.29) is 5.91 Å². The number of rotatable bonds is 2. The van der Waals surface area contributed by atoms with Gasteiger partial charge >= 0.3 is 0 Å². The number of carbonyl (C=O) groups is 1. The molecule has 1 fully saturated rings. The van der Waals surface area contributed by atoms with Crippen LogP contribution < -0.4 is 5.32 Å². The average molecular weight is 208 g/mol. The van der Waals surface area contributed by atoms with E-state index in [0.717, 1.165) is 38.4 Å². The molecular weight excluding hydrogens is 192 g/mol. The van der Waals surface area contributed by atoms with Crippen molar-refractivity contribution in [2.24, 2.45) is 0 Å². The number of furan rings is 1. The molecule has 82 valence electrons. The maximum absolute atomic E-state index is 11.9. The Morgan fingerprint density at radius 2 is 2.40 bits per heavy atom. The average Bonchev–Trinajstić information content (AvgIpc) is 2.58. The number of hydrogen-bond acceptors (Lipinski definition) is 3. The topological polar surface area (TPSA) is 45.5 Å². The quantitative estimate of drug-likeness (QED) is 0.776. The van der Waals surface area contributed by atoms with Crippen molar-refractivity contribution in [2.45, 2.75) is 12.8 Å². The Morgan fingerprint density at radius 1 is 1.47 bits per heavy atom. The largest absolute Gasteiger partial charge is 0.469 e. The highest BCUT2D eigenvalue weighted by Crippen LogP contribution is 2.05. The summed E-state index contributed by atoms with van der Waals surface area (Å²) in [6.07, 6.45) is 3.02. The smallest absolute Gasteiger partial charge is 0.230 e. The van der Waals surface area contributed by atoms with Crippen molar-refractivity contribution in [1.29, 1.82) is 0 Å². The Hall–Kier alpha value is -1.29. The second-order valence-electron chi connectivity index (χ2n) is 3.74. The van der Waals surface area contributed by atoms with Crippen LogP contribution in [-0.4, -0.2) is 37.0 Å². The molecule has 0 aromatic carbocycles. The van der Waals surface area contributed by atoms with Crippen LogP contribution >= 0.6 is 0 Å². The summed E-state index contributed by atoms with van der Waals surface area (Å²) in [7, 11) is 0. The molecule has 1 aromatic rings. The highest BCUT2D eigenvalue weighted by molar-refractivity contribution is 5.78. The zero-order chi connectivity index (χ0) is 10.5. The maximum Gasteiger partial charge on any atom is 0.230 e. The molecule has 0 atom stereocenters. The van der Waals surface area contributed by atoms with Gasteiger partial charge in [0.05, 0.1) is 12.7 Å². The molecule has 15 heavy (non-hydrogen) atoms. The lowest BCUT2D eigenvalue weighted by molar-refractivity contribution is -0.130. The molecule has 4 nitrogen and oxygen atoms in total. The second kappa shape index (κ2) is 4.98. The minimum absolute atomic E-state index is 0.161. The van der Waals surface area contributed by atoms with Gasteiger partial charge in [-0.15, -0.1) is 0 Å². The Labute approximate surface area is 89.2 Å². The third-order valence-corrected chi connectivity index (χ3v) is 2.60. The Kier molecular flexibility index (Phi) is 3.40. The molecule has 0 saturated carbocycles. The van der Waals surface area contributed by atoms with E-state index in [2.05, 4.69) is 5.32 Å². The molecule has 0 spiro atoms. The van der Waals surface area contributed by atoms with E-state index in [1.165, 1.54) is 0 Å². The monoisotopic (exact) mass is 208 g/mol. The lowest BCUT2D eigenvalue weighted by Crippen LogP contribution is -2.35. The molecule has 2 rings (SSSR count). The third kappa shape index (κ3) is 2.83. The summed E-state index contributed by atoms with van der Waals surface area (Å²) in [5.41, 5.74) is 0. The molecule has 1 aliphatic rings. The van der Waals surface area contributed by atoms with Gasteiger partial charge in [0.2, 0.25) is 5.91 Å². The van der Waals surface area contributed by atoms with Gasteiger partial charge in [0.25, 0.3) is 0 Å². The van der Waals surface area contributed by atoms with Crippen molar-refractivity contribution >= 4 is 5.91 Å². The van der Waals surface area contributed by atoms with Crippen molar-refractivity contribution in [3.63, 3.8) is 0 Å². The fourth-order valence-corrected chi connectivity index (χ4v) is 1.77. The number of hydrogen-bond donors (Lipinski definition) is 1. The molecule has 2 heterocycles. The van der Waals surface area contributed by atoms with Crippen LogP contribution in [0.3, 0.4) is 0 Å². The molecule has 0 unspecified atom stereocenters. The molecule has 0 bridgehead atoms. The number of nitrogens with zero attached hydrogens (tertiary/aromatic N) is 1. The Bertz CT molecular complexity index is 300. The molecule has 1 aromatic heterocycles. The zero-order valence-corrected chi connectivity index (χ0v) is 8.74. The third-order valence-electron chi connectivity index (χ3n) is 2.60. The Morgan fingerprint density at radius 3 is 3.20 bits per heavy atom. The second-order valence-corrected chi connectivity index (χ2v) is 3.74. The highest BCUT2D eigenvalue weighted by atomic mass is 16.3. The van der Waals surface area contributed by atoms with E-state index >= 15 is 0 Å². The van der Waals surface area contributed by atoms with Gasteiger partial charge in [-0.3, -0.25) is 4.79 Å². The normalized spacial score (nSPS) is 17.5. The minimum Gasteiger partial charge on any atom is -0.469 e. The van der Waals surface area contributed by atoms with Crippen LogP contribution in [-0.2, 0) is 11.2 Å². The summed E-state index contributed by atoms with van der Waals surface area (Å²) in [6.45, 7) is 3.56. The fraction of sp³-hybridized carbons (Fsp3) is 0.545. The summed E-state index contributed by atoms with van der Waals surface area (Å²) >= 11 is 0. The molecule has 0 radical (unpaired) electrons. The lowest BCUT2D eigenvalue weighted by Gasteiger charge is -2.19. The molecule has 1 amide bonds. The standard InChI is InChI=1S/C11H16N2O2/c14-11(9-10-3-1-8-15-10)13-6-2-4-12-5-7-13/h1,3,8,12H,2,4-7,9H2. The van der Waals surface area contributed by atoms with Gasteiger partial charge in [0.1, 0.15) is 5.76 Å². The van der Waals surface area contributed by atoms with Crippen LogP contribution in [0.5, 0.6) is 0 Å². The predicted octanol–water partition coefficient (Wildman–Crippen LogP) is 0.644. The van der Waals surface area contributed by atoms with Gasteiger partial charge in [-0.2, -0.15) is 0 Å².